The van der Waals surface area contributed by atoms with E-state index in [4.69, 9.17) is 0 Å². The minimum atomic E-state index is -1.41. The number of anilines is 1. The number of nitrogens with one attached hydrogen (secondary N) is 1. The van der Waals surface area contributed by atoms with Gasteiger partial charge in [-0.15, -0.1) is 0 Å². The standard InChI is InChI=1S/C31H28F3N5O/c1-19-7-8-23(15-22(19)10-9-21-5-4-6-26-24(21)16-35-18-36-26)31(40)37-30-27(32)20(2)25(28(33)29(30)34)17-39-13-11-38(3)12-14-39/h4-8,15-16,18H,11-14,17H2,1-3H3,(H,37,40). The maximum absolute atomic E-state index is 15.3. The van der Waals surface area contributed by atoms with Gasteiger partial charge in [0.25, 0.3) is 5.91 Å². The van der Waals surface area contributed by atoms with Crippen molar-refractivity contribution in [3.05, 3.63) is 99.8 Å². The Morgan fingerprint density at radius 3 is 2.50 bits per heavy atom. The highest BCUT2D eigenvalue weighted by atomic mass is 19.2. The molecule has 6 nitrogen and oxygen atoms in total. The molecule has 1 aliphatic heterocycles. The number of nitrogens with zero attached hydrogens (tertiary/aromatic N) is 4. The Labute approximate surface area is 230 Å². The van der Waals surface area contributed by atoms with E-state index >= 15 is 13.2 Å². The minimum absolute atomic E-state index is 0.0253. The van der Waals surface area contributed by atoms with Crippen LogP contribution in [0, 0.1) is 43.1 Å². The van der Waals surface area contributed by atoms with Crippen LogP contribution < -0.4 is 5.32 Å². The van der Waals surface area contributed by atoms with Crippen molar-refractivity contribution in [1.82, 2.24) is 19.8 Å². The molecule has 0 atom stereocenters. The average molecular weight is 544 g/mol. The number of hydrogen-bond donors (Lipinski definition) is 1. The van der Waals surface area contributed by atoms with Crippen molar-refractivity contribution in [2.45, 2.75) is 20.4 Å². The quantitative estimate of drug-likeness (QED) is 0.288. The van der Waals surface area contributed by atoms with Crippen LogP contribution in [0.1, 0.15) is 38.2 Å². The lowest BCUT2D eigenvalue weighted by molar-refractivity contribution is 0.102. The Morgan fingerprint density at radius 2 is 1.73 bits per heavy atom. The maximum atomic E-state index is 15.3. The van der Waals surface area contributed by atoms with Crippen molar-refractivity contribution in [2.75, 3.05) is 38.5 Å². The number of aromatic nitrogens is 2. The predicted octanol–water partition coefficient (Wildman–Crippen LogP) is 5.06. The number of likely N-dealkylation sites (N-methyl/N-ethyl adjacent to an activating group) is 1. The van der Waals surface area contributed by atoms with Crippen molar-refractivity contribution in [2.24, 2.45) is 0 Å². The smallest absolute Gasteiger partial charge is 0.255 e. The second-order valence-corrected chi connectivity index (χ2v) is 9.99. The summed E-state index contributed by atoms with van der Waals surface area (Å²) in [6, 6.07) is 10.3. The molecular weight excluding hydrogens is 515 g/mol. The first kappa shape index (κ1) is 27.3. The number of halogens is 3. The zero-order valence-electron chi connectivity index (χ0n) is 22.5. The highest BCUT2D eigenvalue weighted by Crippen LogP contribution is 2.30. The first-order chi connectivity index (χ1) is 19.2. The summed E-state index contributed by atoms with van der Waals surface area (Å²) in [5, 5.41) is 3.04. The summed E-state index contributed by atoms with van der Waals surface area (Å²) >= 11 is 0. The largest absolute Gasteiger partial charge is 0.317 e. The molecule has 2 heterocycles. The summed E-state index contributed by atoms with van der Waals surface area (Å²) < 4.78 is 45.5. The van der Waals surface area contributed by atoms with Crippen LogP contribution in [0.5, 0.6) is 0 Å². The summed E-state index contributed by atoms with van der Waals surface area (Å²) in [5.41, 5.74) is 2.12. The molecule has 1 N–H and O–H groups in total. The number of piperazine rings is 1. The van der Waals surface area contributed by atoms with Gasteiger partial charge in [-0.3, -0.25) is 9.69 Å². The molecule has 0 radical (unpaired) electrons. The van der Waals surface area contributed by atoms with E-state index in [1.165, 1.54) is 19.3 Å². The van der Waals surface area contributed by atoms with Crippen molar-refractivity contribution in [3.8, 4) is 11.8 Å². The fourth-order valence-corrected chi connectivity index (χ4v) is 4.68. The van der Waals surface area contributed by atoms with E-state index in [2.05, 4.69) is 32.0 Å². The van der Waals surface area contributed by atoms with Crippen molar-refractivity contribution >= 4 is 22.5 Å². The molecule has 204 valence electrons. The number of carbonyl (C=O) groups is 1. The average Bonchev–Trinajstić information content (AvgIpc) is 2.97. The molecule has 0 unspecified atom stereocenters. The van der Waals surface area contributed by atoms with Gasteiger partial charge in [0, 0.05) is 66.6 Å². The molecule has 40 heavy (non-hydrogen) atoms. The number of amides is 1. The molecule has 1 amide bonds. The van der Waals surface area contributed by atoms with Gasteiger partial charge in [-0.05, 0) is 56.3 Å². The number of benzene rings is 3. The van der Waals surface area contributed by atoms with Gasteiger partial charge in [0.1, 0.15) is 12.0 Å². The summed E-state index contributed by atoms with van der Waals surface area (Å²) in [7, 11) is 1.99. The molecule has 1 fully saturated rings. The maximum Gasteiger partial charge on any atom is 0.255 e. The van der Waals surface area contributed by atoms with Crippen LogP contribution in [0.15, 0.2) is 48.9 Å². The van der Waals surface area contributed by atoms with E-state index in [0.29, 0.717) is 18.7 Å². The Balaban J connectivity index is 1.40. The second-order valence-electron chi connectivity index (χ2n) is 9.99. The fraction of sp³-hybridized carbons (Fsp3) is 0.258. The van der Waals surface area contributed by atoms with Crippen LogP contribution in [0.2, 0.25) is 0 Å². The molecule has 5 rings (SSSR count). The first-order valence-corrected chi connectivity index (χ1v) is 12.9. The molecule has 0 saturated carbocycles. The monoisotopic (exact) mass is 543 g/mol. The molecule has 0 spiro atoms. The Bertz CT molecular complexity index is 1640. The molecule has 1 aliphatic rings. The van der Waals surface area contributed by atoms with Gasteiger partial charge in [0.05, 0.1) is 5.52 Å². The highest BCUT2D eigenvalue weighted by Gasteiger charge is 2.26. The van der Waals surface area contributed by atoms with E-state index in [9.17, 15) is 4.79 Å². The summed E-state index contributed by atoms with van der Waals surface area (Å²) in [6.07, 6.45) is 3.15. The van der Waals surface area contributed by atoms with Crippen LogP contribution in [-0.4, -0.2) is 58.9 Å². The molecule has 3 aromatic carbocycles. The number of carbonyl (C=O) groups excluding carboxylic acids is 1. The number of hydrogen-bond acceptors (Lipinski definition) is 5. The van der Waals surface area contributed by atoms with Crippen LogP contribution in [0.3, 0.4) is 0 Å². The van der Waals surface area contributed by atoms with E-state index in [0.717, 1.165) is 35.1 Å². The van der Waals surface area contributed by atoms with Crippen LogP contribution in [-0.2, 0) is 6.54 Å². The van der Waals surface area contributed by atoms with Gasteiger partial charge >= 0.3 is 0 Å². The minimum Gasteiger partial charge on any atom is -0.317 e. The molecule has 1 saturated heterocycles. The third-order valence-corrected chi connectivity index (χ3v) is 7.28. The second kappa shape index (κ2) is 11.5. The lowest BCUT2D eigenvalue weighted by atomic mass is 10.0. The van der Waals surface area contributed by atoms with Crippen LogP contribution >= 0.6 is 0 Å². The Morgan fingerprint density at radius 1 is 0.975 bits per heavy atom. The summed E-state index contributed by atoms with van der Waals surface area (Å²) in [6.45, 7) is 6.26. The molecule has 4 aromatic rings. The Kier molecular flexibility index (Phi) is 7.83. The number of rotatable bonds is 4. The van der Waals surface area contributed by atoms with Crippen molar-refractivity contribution in [3.63, 3.8) is 0 Å². The first-order valence-electron chi connectivity index (χ1n) is 12.9. The van der Waals surface area contributed by atoms with E-state index in [-0.39, 0.29) is 23.2 Å². The fourth-order valence-electron chi connectivity index (χ4n) is 4.68. The lowest BCUT2D eigenvalue weighted by Gasteiger charge is -2.32. The molecule has 0 bridgehead atoms. The highest BCUT2D eigenvalue weighted by molar-refractivity contribution is 6.04. The Hall–Kier alpha value is -4.26. The van der Waals surface area contributed by atoms with Gasteiger partial charge in [0.2, 0.25) is 0 Å². The van der Waals surface area contributed by atoms with E-state index < -0.39 is 29.0 Å². The third-order valence-electron chi connectivity index (χ3n) is 7.28. The van der Waals surface area contributed by atoms with Gasteiger partial charge < -0.3 is 10.2 Å². The molecular formula is C31H28F3N5O. The topological polar surface area (TPSA) is 61.4 Å². The van der Waals surface area contributed by atoms with E-state index in [1.54, 1.807) is 18.3 Å². The van der Waals surface area contributed by atoms with E-state index in [1.807, 2.05) is 37.1 Å². The SMILES string of the molecule is Cc1ccc(C(=O)Nc2c(F)c(C)c(CN3CCN(C)CC3)c(F)c2F)cc1C#Cc1cccc2ncncc12. The van der Waals surface area contributed by atoms with Crippen molar-refractivity contribution in [1.29, 1.82) is 0 Å². The van der Waals surface area contributed by atoms with Crippen LogP contribution in [0.4, 0.5) is 18.9 Å². The molecule has 1 aromatic heterocycles. The number of fused-ring (bicyclic) bond motifs is 1. The molecule has 9 heteroatoms. The van der Waals surface area contributed by atoms with Gasteiger partial charge in [-0.2, -0.15) is 0 Å². The number of aryl methyl sites for hydroxylation is 1. The van der Waals surface area contributed by atoms with Gasteiger partial charge in [0.15, 0.2) is 17.5 Å². The van der Waals surface area contributed by atoms with Gasteiger partial charge in [-0.25, -0.2) is 23.1 Å². The van der Waals surface area contributed by atoms with Crippen molar-refractivity contribution < 1.29 is 18.0 Å². The summed E-state index contributed by atoms with van der Waals surface area (Å²) in [5.74, 6) is 1.85. The lowest BCUT2D eigenvalue weighted by Crippen LogP contribution is -2.44. The third kappa shape index (κ3) is 5.55. The predicted molar refractivity (Wildman–Crippen MR) is 148 cm³/mol. The van der Waals surface area contributed by atoms with Crippen LogP contribution in [0.25, 0.3) is 10.9 Å². The normalized spacial score (nSPS) is 14.2. The zero-order valence-corrected chi connectivity index (χ0v) is 22.5. The van der Waals surface area contributed by atoms with Gasteiger partial charge in [-0.1, -0.05) is 24.0 Å². The molecule has 0 aliphatic carbocycles. The summed E-state index contributed by atoms with van der Waals surface area (Å²) in [4.78, 5) is 25.4. The zero-order chi connectivity index (χ0) is 28.4.